The van der Waals surface area contributed by atoms with Gasteiger partial charge >= 0.3 is 0 Å². The summed E-state index contributed by atoms with van der Waals surface area (Å²) in [4.78, 5) is 0.507. The third kappa shape index (κ3) is 1.54. The smallest absolute Gasteiger partial charge is 0.0958 e. The lowest BCUT2D eigenvalue weighted by molar-refractivity contribution is -0.150. The van der Waals surface area contributed by atoms with Crippen LogP contribution in [0.15, 0.2) is 0 Å². The van der Waals surface area contributed by atoms with Gasteiger partial charge in [-0.3, -0.25) is 0 Å². The molecule has 70 valence electrons. The summed E-state index contributed by atoms with van der Waals surface area (Å²) in [5, 5.41) is 0. The van der Waals surface area contributed by atoms with Crippen molar-refractivity contribution < 1.29 is 9.47 Å². The first-order valence-electron chi connectivity index (χ1n) is 4.63. The molecular formula is C9H15BrO2. The van der Waals surface area contributed by atoms with E-state index < -0.39 is 0 Å². The Balaban J connectivity index is 1.74. The fraction of sp³-hybridized carbons (Fsp3) is 1.00. The summed E-state index contributed by atoms with van der Waals surface area (Å²) in [7, 11) is 1.76. The number of ether oxygens (including phenoxy) is 2. The van der Waals surface area contributed by atoms with Gasteiger partial charge in [0.25, 0.3) is 0 Å². The maximum atomic E-state index is 5.84. The number of rotatable bonds is 3. The molecule has 0 aromatic heterocycles. The van der Waals surface area contributed by atoms with E-state index in [1.807, 2.05) is 0 Å². The Morgan fingerprint density at radius 2 is 2.08 bits per heavy atom. The predicted octanol–water partition coefficient (Wildman–Crippen LogP) is 2.11. The Morgan fingerprint density at radius 1 is 1.33 bits per heavy atom. The molecule has 2 nitrogen and oxygen atoms in total. The zero-order valence-electron chi connectivity index (χ0n) is 7.33. The van der Waals surface area contributed by atoms with Gasteiger partial charge in [-0.25, -0.2) is 0 Å². The molecule has 0 spiro atoms. The van der Waals surface area contributed by atoms with E-state index in [-0.39, 0.29) is 6.10 Å². The molecule has 3 atom stereocenters. The first-order valence-corrected chi connectivity index (χ1v) is 5.55. The molecule has 3 unspecified atom stereocenters. The highest BCUT2D eigenvalue weighted by Crippen LogP contribution is 2.36. The van der Waals surface area contributed by atoms with Gasteiger partial charge in [0.15, 0.2) is 0 Å². The van der Waals surface area contributed by atoms with Gasteiger partial charge in [-0.15, -0.1) is 0 Å². The first kappa shape index (κ1) is 8.97. The van der Waals surface area contributed by atoms with Crippen molar-refractivity contribution in [1.82, 2.24) is 0 Å². The van der Waals surface area contributed by atoms with Crippen LogP contribution in [0.2, 0.25) is 0 Å². The van der Waals surface area contributed by atoms with Crippen LogP contribution >= 0.6 is 15.9 Å². The van der Waals surface area contributed by atoms with E-state index in [1.165, 1.54) is 19.3 Å². The fourth-order valence-electron chi connectivity index (χ4n) is 1.71. The maximum Gasteiger partial charge on any atom is 0.0958 e. The molecule has 3 heteroatoms. The van der Waals surface area contributed by atoms with Crippen LogP contribution in [-0.2, 0) is 9.47 Å². The van der Waals surface area contributed by atoms with Crippen LogP contribution in [-0.4, -0.2) is 30.2 Å². The van der Waals surface area contributed by atoms with E-state index in [2.05, 4.69) is 15.9 Å². The second-order valence-electron chi connectivity index (χ2n) is 3.68. The van der Waals surface area contributed by atoms with Crippen molar-refractivity contribution in [1.29, 1.82) is 0 Å². The van der Waals surface area contributed by atoms with Gasteiger partial charge in [0, 0.05) is 11.9 Å². The van der Waals surface area contributed by atoms with Crippen LogP contribution in [0.1, 0.15) is 25.7 Å². The van der Waals surface area contributed by atoms with Crippen LogP contribution in [0.4, 0.5) is 0 Å². The summed E-state index contributed by atoms with van der Waals surface area (Å²) in [5.74, 6) is 0. The second kappa shape index (κ2) is 3.64. The van der Waals surface area contributed by atoms with E-state index in [1.54, 1.807) is 7.11 Å². The van der Waals surface area contributed by atoms with Gasteiger partial charge < -0.3 is 9.47 Å². The highest BCUT2D eigenvalue weighted by atomic mass is 79.9. The van der Waals surface area contributed by atoms with E-state index in [0.717, 1.165) is 6.42 Å². The molecule has 12 heavy (non-hydrogen) atoms. The molecular weight excluding hydrogens is 220 g/mol. The topological polar surface area (TPSA) is 18.5 Å². The molecule has 0 aromatic carbocycles. The van der Waals surface area contributed by atoms with Crippen molar-refractivity contribution >= 4 is 15.9 Å². The first-order chi connectivity index (χ1) is 5.81. The molecule has 0 saturated heterocycles. The van der Waals surface area contributed by atoms with Gasteiger partial charge in [-0.05, 0) is 25.7 Å². The Labute approximate surface area is 81.7 Å². The third-order valence-electron chi connectivity index (χ3n) is 2.87. The highest BCUT2D eigenvalue weighted by Gasteiger charge is 2.42. The quantitative estimate of drug-likeness (QED) is 0.697. The lowest BCUT2D eigenvalue weighted by Crippen LogP contribution is -2.52. The molecule has 2 aliphatic carbocycles. The molecule has 0 heterocycles. The zero-order chi connectivity index (χ0) is 8.55. The van der Waals surface area contributed by atoms with E-state index in [9.17, 15) is 0 Å². The highest BCUT2D eigenvalue weighted by molar-refractivity contribution is 9.09. The Morgan fingerprint density at radius 3 is 2.50 bits per heavy atom. The Kier molecular flexibility index (Phi) is 2.72. The molecule has 2 saturated carbocycles. The van der Waals surface area contributed by atoms with Gasteiger partial charge in [-0.2, -0.15) is 0 Å². The van der Waals surface area contributed by atoms with Crippen LogP contribution in [0, 0.1) is 0 Å². The van der Waals surface area contributed by atoms with Crippen LogP contribution in [0.25, 0.3) is 0 Å². The molecule has 0 radical (unpaired) electrons. The minimum Gasteiger partial charge on any atom is -0.378 e. The lowest BCUT2D eigenvalue weighted by atomic mass is 9.89. The normalized spacial score (nSPS) is 42.0. The van der Waals surface area contributed by atoms with E-state index in [4.69, 9.17) is 9.47 Å². The monoisotopic (exact) mass is 234 g/mol. The number of alkyl halides is 1. The summed E-state index contributed by atoms with van der Waals surface area (Å²) < 4.78 is 11.1. The van der Waals surface area contributed by atoms with E-state index in [0.29, 0.717) is 17.0 Å². The van der Waals surface area contributed by atoms with Crippen molar-refractivity contribution in [2.24, 2.45) is 0 Å². The standard InChI is InChI=1S/C9H15BrO2/c1-11-9-7(10)5-8(9)12-6-3-2-4-6/h6-9H,2-5H2,1H3. The van der Waals surface area contributed by atoms with Gasteiger partial charge in [0.2, 0.25) is 0 Å². The number of methoxy groups -OCH3 is 1. The van der Waals surface area contributed by atoms with Crippen LogP contribution < -0.4 is 0 Å². The second-order valence-corrected chi connectivity index (χ2v) is 4.86. The summed E-state index contributed by atoms with van der Waals surface area (Å²) in [6.07, 6.45) is 6.12. The molecule has 0 amide bonds. The molecule has 2 rings (SSSR count). The summed E-state index contributed by atoms with van der Waals surface area (Å²) in [6, 6.07) is 0. The van der Waals surface area contributed by atoms with Crippen molar-refractivity contribution in [3.63, 3.8) is 0 Å². The van der Waals surface area contributed by atoms with Gasteiger partial charge in [0.1, 0.15) is 0 Å². The molecule has 2 fully saturated rings. The molecule has 0 N–H and O–H groups in total. The average molecular weight is 235 g/mol. The van der Waals surface area contributed by atoms with Crippen molar-refractivity contribution in [2.75, 3.05) is 7.11 Å². The van der Waals surface area contributed by atoms with Crippen molar-refractivity contribution in [2.45, 2.75) is 48.8 Å². The minimum absolute atomic E-state index is 0.283. The maximum absolute atomic E-state index is 5.84. The lowest BCUT2D eigenvalue weighted by Gasteiger charge is -2.43. The largest absolute Gasteiger partial charge is 0.378 e. The fourth-order valence-corrected chi connectivity index (χ4v) is 2.64. The summed E-state index contributed by atoms with van der Waals surface area (Å²) in [5.41, 5.74) is 0. The Hall–Kier alpha value is 0.400. The van der Waals surface area contributed by atoms with Gasteiger partial charge in [-0.1, -0.05) is 15.9 Å². The molecule has 0 bridgehead atoms. The van der Waals surface area contributed by atoms with Crippen molar-refractivity contribution in [3.8, 4) is 0 Å². The van der Waals surface area contributed by atoms with Gasteiger partial charge in [0.05, 0.1) is 18.3 Å². The average Bonchev–Trinajstić information content (AvgIpc) is 1.94. The SMILES string of the molecule is COC1C(Br)CC1OC1CCC1. The predicted molar refractivity (Wildman–Crippen MR) is 50.6 cm³/mol. The van der Waals surface area contributed by atoms with E-state index >= 15 is 0 Å². The van der Waals surface area contributed by atoms with Crippen LogP contribution in [0.5, 0.6) is 0 Å². The van der Waals surface area contributed by atoms with Crippen LogP contribution in [0.3, 0.4) is 0 Å². The summed E-state index contributed by atoms with van der Waals surface area (Å²) in [6.45, 7) is 0. The summed E-state index contributed by atoms with van der Waals surface area (Å²) >= 11 is 3.55. The molecule has 0 aliphatic heterocycles. The molecule has 0 aromatic rings. The Bertz CT molecular complexity index is 159. The number of halogens is 1. The number of hydrogen-bond acceptors (Lipinski definition) is 2. The number of hydrogen-bond donors (Lipinski definition) is 0. The zero-order valence-corrected chi connectivity index (χ0v) is 8.92. The molecule has 2 aliphatic rings. The minimum atomic E-state index is 0.283. The third-order valence-corrected chi connectivity index (χ3v) is 3.77. The van der Waals surface area contributed by atoms with Crippen molar-refractivity contribution in [3.05, 3.63) is 0 Å².